The van der Waals surface area contributed by atoms with Crippen molar-refractivity contribution in [1.29, 1.82) is 0 Å². The summed E-state index contributed by atoms with van der Waals surface area (Å²) in [5.41, 5.74) is 2.47. The lowest BCUT2D eigenvalue weighted by atomic mass is 9.81. The Morgan fingerprint density at radius 2 is 1.48 bits per heavy atom. The number of halogens is 2. The second-order valence-electron chi connectivity index (χ2n) is 5.56. The summed E-state index contributed by atoms with van der Waals surface area (Å²) in [5, 5.41) is 0. The fraction of sp³-hybridized carbons (Fsp3) is 0.263. The predicted molar refractivity (Wildman–Crippen MR) is 82.1 cm³/mol. The molecular weight excluding hydrogens is 266 g/mol. The molecule has 1 aliphatic rings. The van der Waals surface area contributed by atoms with Gasteiger partial charge in [-0.1, -0.05) is 66.7 Å². The van der Waals surface area contributed by atoms with Crippen molar-refractivity contribution in [3.8, 4) is 0 Å². The van der Waals surface area contributed by atoms with Gasteiger partial charge in [0.25, 0.3) is 5.92 Å². The highest BCUT2D eigenvalue weighted by atomic mass is 19.3. The van der Waals surface area contributed by atoms with Crippen molar-refractivity contribution >= 4 is 5.57 Å². The van der Waals surface area contributed by atoms with E-state index in [0.29, 0.717) is 12.8 Å². The molecule has 0 radical (unpaired) electrons. The highest BCUT2D eigenvalue weighted by Gasteiger charge is 2.41. The maximum atomic E-state index is 14.5. The van der Waals surface area contributed by atoms with Crippen LogP contribution in [0.5, 0.6) is 0 Å². The molecule has 0 saturated heterocycles. The number of hydrogen-bond donors (Lipinski definition) is 0. The molecule has 3 rings (SSSR count). The number of rotatable bonds is 3. The van der Waals surface area contributed by atoms with E-state index in [1.54, 1.807) is 18.2 Å². The second-order valence-corrected chi connectivity index (χ2v) is 5.56. The molecule has 0 amide bonds. The van der Waals surface area contributed by atoms with Gasteiger partial charge >= 0.3 is 0 Å². The highest BCUT2D eigenvalue weighted by molar-refractivity contribution is 5.66. The van der Waals surface area contributed by atoms with Gasteiger partial charge < -0.3 is 0 Å². The Bertz CT molecular complexity index is 615. The van der Waals surface area contributed by atoms with E-state index in [1.165, 1.54) is 17.7 Å². The van der Waals surface area contributed by atoms with Crippen LogP contribution in [0.2, 0.25) is 0 Å². The molecule has 0 heterocycles. The zero-order valence-electron chi connectivity index (χ0n) is 11.8. The van der Waals surface area contributed by atoms with Crippen molar-refractivity contribution in [3.05, 3.63) is 77.9 Å². The first-order valence-corrected chi connectivity index (χ1v) is 7.35. The normalized spacial score (nSPS) is 19.1. The number of alkyl halides is 2. The van der Waals surface area contributed by atoms with E-state index >= 15 is 0 Å². The predicted octanol–water partition coefficient (Wildman–Crippen LogP) is 5.66. The molecule has 0 saturated carbocycles. The fourth-order valence-corrected chi connectivity index (χ4v) is 2.97. The van der Waals surface area contributed by atoms with E-state index in [4.69, 9.17) is 0 Å². The molecule has 1 atom stereocenters. The average Bonchev–Trinajstić information content (AvgIpc) is 2.57. The van der Waals surface area contributed by atoms with Crippen LogP contribution in [0.4, 0.5) is 8.78 Å². The molecule has 0 aromatic heterocycles. The van der Waals surface area contributed by atoms with Gasteiger partial charge in [0.05, 0.1) is 0 Å². The number of benzene rings is 2. The summed E-state index contributed by atoms with van der Waals surface area (Å²) in [6.45, 7) is 0. The quantitative estimate of drug-likeness (QED) is 0.682. The lowest BCUT2D eigenvalue weighted by Crippen LogP contribution is -2.27. The van der Waals surface area contributed by atoms with Crippen molar-refractivity contribution in [2.24, 2.45) is 5.92 Å². The minimum atomic E-state index is -2.75. The Balaban J connectivity index is 1.78. The van der Waals surface area contributed by atoms with Gasteiger partial charge in [-0.15, -0.1) is 0 Å². The zero-order chi connectivity index (χ0) is 14.7. The van der Waals surface area contributed by atoms with Crippen molar-refractivity contribution in [2.75, 3.05) is 0 Å². The van der Waals surface area contributed by atoms with Gasteiger partial charge in [-0.2, -0.15) is 0 Å². The molecule has 0 N–H and O–H groups in total. The fourth-order valence-electron chi connectivity index (χ4n) is 2.97. The first kappa shape index (κ1) is 14.0. The third-order valence-corrected chi connectivity index (χ3v) is 4.23. The summed E-state index contributed by atoms with van der Waals surface area (Å²) in [6.07, 6.45) is 3.67. The third kappa shape index (κ3) is 2.90. The number of hydrogen-bond acceptors (Lipinski definition) is 0. The van der Waals surface area contributed by atoms with Crippen LogP contribution in [0.3, 0.4) is 0 Å². The largest absolute Gasteiger partial charge is 0.276 e. The molecule has 0 nitrogen and oxygen atoms in total. The molecule has 108 valence electrons. The topological polar surface area (TPSA) is 0 Å². The Morgan fingerprint density at radius 3 is 2.05 bits per heavy atom. The van der Waals surface area contributed by atoms with Crippen LogP contribution in [0, 0.1) is 5.92 Å². The van der Waals surface area contributed by atoms with Gasteiger partial charge in [-0.3, -0.25) is 0 Å². The van der Waals surface area contributed by atoms with Gasteiger partial charge in [-0.25, -0.2) is 8.78 Å². The van der Waals surface area contributed by atoms with E-state index in [9.17, 15) is 8.78 Å². The van der Waals surface area contributed by atoms with Crippen LogP contribution >= 0.6 is 0 Å². The van der Waals surface area contributed by atoms with Gasteiger partial charge in [0, 0.05) is 11.5 Å². The van der Waals surface area contributed by atoms with Crippen molar-refractivity contribution in [3.63, 3.8) is 0 Å². The standard InChI is InChI=1S/C19H18F2/c20-19(21,17-9-5-2-6-10-17)18-13-11-16(12-14-18)15-7-3-1-4-8-15/h1-11,18H,12-14H2. The summed E-state index contributed by atoms with van der Waals surface area (Å²) in [6, 6.07) is 18.2. The van der Waals surface area contributed by atoms with E-state index in [0.717, 1.165) is 12.0 Å². The first-order chi connectivity index (χ1) is 10.2. The molecule has 2 heteroatoms. The molecular formula is C19H18F2. The summed E-state index contributed by atoms with van der Waals surface area (Å²) < 4.78 is 29.1. The average molecular weight is 284 g/mol. The van der Waals surface area contributed by atoms with Crippen LogP contribution in [-0.4, -0.2) is 0 Å². The molecule has 2 aromatic rings. The second kappa shape index (κ2) is 5.80. The smallest absolute Gasteiger partial charge is 0.201 e. The number of allylic oxidation sites excluding steroid dienone is 2. The molecule has 1 aliphatic carbocycles. The minimum absolute atomic E-state index is 0.131. The van der Waals surface area contributed by atoms with Crippen LogP contribution in [0.15, 0.2) is 66.7 Å². The Kier molecular flexibility index (Phi) is 3.87. The third-order valence-electron chi connectivity index (χ3n) is 4.23. The summed E-state index contributed by atoms with van der Waals surface area (Å²) in [7, 11) is 0. The van der Waals surface area contributed by atoms with Crippen LogP contribution < -0.4 is 0 Å². The van der Waals surface area contributed by atoms with Crippen molar-refractivity contribution in [1.82, 2.24) is 0 Å². The molecule has 1 unspecified atom stereocenters. The lowest BCUT2D eigenvalue weighted by molar-refractivity contribution is -0.0678. The molecule has 21 heavy (non-hydrogen) atoms. The van der Waals surface area contributed by atoms with Crippen LogP contribution in [-0.2, 0) is 5.92 Å². The van der Waals surface area contributed by atoms with Gasteiger partial charge in [0.1, 0.15) is 0 Å². The summed E-state index contributed by atoms with van der Waals surface area (Å²) in [4.78, 5) is 0. The lowest BCUT2D eigenvalue weighted by Gasteiger charge is -2.30. The highest BCUT2D eigenvalue weighted by Crippen LogP contribution is 2.44. The first-order valence-electron chi connectivity index (χ1n) is 7.35. The van der Waals surface area contributed by atoms with Crippen molar-refractivity contribution < 1.29 is 8.78 Å². The van der Waals surface area contributed by atoms with Gasteiger partial charge in [0.15, 0.2) is 0 Å². The maximum absolute atomic E-state index is 14.5. The van der Waals surface area contributed by atoms with Gasteiger partial charge in [0.2, 0.25) is 0 Å². The Morgan fingerprint density at radius 1 is 0.857 bits per heavy atom. The van der Waals surface area contributed by atoms with Crippen LogP contribution in [0.1, 0.15) is 30.4 Å². The molecule has 0 fully saturated rings. The molecule has 0 aliphatic heterocycles. The van der Waals surface area contributed by atoms with Crippen molar-refractivity contribution in [2.45, 2.75) is 25.2 Å². The SMILES string of the molecule is FC(F)(c1ccccc1)C1CC=C(c2ccccc2)CC1. The van der Waals surface area contributed by atoms with Gasteiger partial charge in [-0.05, 0) is 30.4 Å². The molecule has 2 aromatic carbocycles. The van der Waals surface area contributed by atoms with E-state index < -0.39 is 11.8 Å². The zero-order valence-corrected chi connectivity index (χ0v) is 11.8. The molecule has 0 bridgehead atoms. The summed E-state index contributed by atoms with van der Waals surface area (Å²) >= 11 is 0. The molecule has 0 spiro atoms. The van der Waals surface area contributed by atoms with Crippen LogP contribution in [0.25, 0.3) is 5.57 Å². The Labute approximate surface area is 124 Å². The monoisotopic (exact) mass is 284 g/mol. The summed E-state index contributed by atoms with van der Waals surface area (Å²) in [5.74, 6) is -3.35. The van der Waals surface area contributed by atoms with E-state index in [2.05, 4.69) is 0 Å². The van der Waals surface area contributed by atoms with E-state index in [-0.39, 0.29) is 5.56 Å². The Hall–Kier alpha value is -1.96. The maximum Gasteiger partial charge on any atom is 0.276 e. The van der Waals surface area contributed by atoms with E-state index in [1.807, 2.05) is 36.4 Å². The minimum Gasteiger partial charge on any atom is -0.201 e.